The molecule has 3 nitrogen and oxygen atoms in total. The first-order valence-electron chi connectivity index (χ1n) is 5.80. The van der Waals surface area contributed by atoms with Gasteiger partial charge in [-0.1, -0.05) is 53.5 Å². The molecule has 0 fully saturated rings. The van der Waals surface area contributed by atoms with E-state index < -0.39 is 11.5 Å². The molecule has 0 spiro atoms. The predicted octanol–water partition coefficient (Wildman–Crippen LogP) is 3.72. The van der Waals surface area contributed by atoms with Crippen LogP contribution in [0.15, 0.2) is 53.2 Å². The lowest BCUT2D eigenvalue weighted by molar-refractivity contribution is -0.132. The standard InChI is InChI=1S/C14H13Cl2NO2/c1-9(10-5-3-2-4-6-10)17-12(15)7-11(14(18)19)8-13(17)16/h2-9,12H,1H3,(H,18,19). The lowest BCUT2D eigenvalue weighted by atomic mass is 10.1. The molecular formula is C14H13Cl2NO2. The summed E-state index contributed by atoms with van der Waals surface area (Å²) in [4.78, 5) is 12.7. The second kappa shape index (κ2) is 5.68. The lowest BCUT2D eigenvalue weighted by Gasteiger charge is -2.35. The third-order valence-corrected chi connectivity index (χ3v) is 3.69. The predicted molar refractivity (Wildman–Crippen MR) is 76.0 cm³/mol. The van der Waals surface area contributed by atoms with Crippen LogP contribution < -0.4 is 0 Å². The van der Waals surface area contributed by atoms with E-state index in [0.717, 1.165) is 5.56 Å². The Hall–Kier alpha value is -1.45. The molecule has 2 atom stereocenters. The van der Waals surface area contributed by atoms with Crippen LogP contribution in [0.2, 0.25) is 0 Å². The maximum absolute atomic E-state index is 10.9. The molecule has 0 aromatic heterocycles. The van der Waals surface area contributed by atoms with Crippen molar-refractivity contribution in [2.75, 3.05) is 0 Å². The van der Waals surface area contributed by atoms with Crippen molar-refractivity contribution in [1.82, 2.24) is 4.90 Å². The summed E-state index contributed by atoms with van der Waals surface area (Å²) >= 11 is 12.4. The SMILES string of the molecule is CC(c1ccccc1)N1C(Cl)=CC(C(=O)O)=CC1Cl. The number of rotatable bonds is 3. The Labute approximate surface area is 121 Å². The largest absolute Gasteiger partial charge is 0.478 e. The maximum atomic E-state index is 10.9. The van der Waals surface area contributed by atoms with Crippen molar-refractivity contribution in [1.29, 1.82) is 0 Å². The fourth-order valence-corrected chi connectivity index (χ4v) is 2.85. The van der Waals surface area contributed by atoms with Gasteiger partial charge in [-0.3, -0.25) is 0 Å². The number of carboxylic acids is 1. The van der Waals surface area contributed by atoms with Gasteiger partial charge in [0, 0.05) is 0 Å². The van der Waals surface area contributed by atoms with Gasteiger partial charge in [0.1, 0.15) is 10.7 Å². The second-order valence-electron chi connectivity index (χ2n) is 4.26. The van der Waals surface area contributed by atoms with Crippen molar-refractivity contribution in [3.05, 3.63) is 58.8 Å². The van der Waals surface area contributed by atoms with Crippen LogP contribution in [0.4, 0.5) is 0 Å². The summed E-state index contributed by atoms with van der Waals surface area (Å²) in [5, 5.41) is 9.30. The van der Waals surface area contributed by atoms with Crippen molar-refractivity contribution in [2.45, 2.75) is 18.5 Å². The first-order valence-corrected chi connectivity index (χ1v) is 6.62. The summed E-state index contributed by atoms with van der Waals surface area (Å²) in [5.74, 6) is -1.03. The van der Waals surface area contributed by atoms with Gasteiger partial charge < -0.3 is 10.0 Å². The van der Waals surface area contributed by atoms with Gasteiger partial charge >= 0.3 is 5.97 Å². The van der Waals surface area contributed by atoms with E-state index in [4.69, 9.17) is 28.3 Å². The maximum Gasteiger partial charge on any atom is 0.335 e. The Kier molecular flexibility index (Phi) is 4.17. The van der Waals surface area contributed by atoms with E-state index in [-0.39, 0.29) is 11.6 Å². The molecule has 5 heteroatoms. The van der Waals surface area contributed by atoms with Crippen molar-refractivity contribution in [2.24, 2.45) is 0 Å². The zero-order valence-corrected chi connectivity index (χ0v) is 11.8. The summed E-state index contributed by atoms with van der Waals surface area (Å²) in [6.45, 7) is 1.97. The molecular weight excluding hydrogens is 285 g/mol. The van der Waals surface area contributed by atoms with E-state index >= 15 is 0 Å². The van der Waals surface area contributed by atoms with Gasteiger partial charge in [0.2, 0.25) is 0 Å². The molecule has 1 N–H and O–H groups in total. The second-order valence-corrected chi connectivity index (χ2v) is 5.10. The average molecular weight is 298 g/mol. The minimum Gasteiger partial charge on any atom is -0.478 e. The molecule has 1 heterocycles. The van der Waals surface area contributed by atoms with Gasteiger partial charge in [-0.05, 0) is 24.6 Å². The van der Waals surface area contributed by atoms with Gasteiger partial charge in [-0.25, -0.2) is 4.79 Å². The summed E-state index contributed by atoms with van der Waals surface area (Å²) in [6, 6.07) is 9.73. The third kappa shape index (κ3) is 2.94. The normalized spacial score (nSPS) is 20.6. The van der Waals surface area contributed by atoms with Gasteiger partial charge in [0.05, 0.1) is 11.6 Å². The van der Waals surface area contributed by atoms with Crippen LogP contribution in [-0.2, 0) is 4.79 Å². The summed E-state index contributed by atoms with van der Waals surface area (Å²) in [7, 11) is 0. The Morgan fingerprint density at radius 1 is 1.37 bits per heavy atom. The topological polar surface area (TPSA) is 40.5 Å². The third-order valence-electron chi connectivity index (χ3n) is 3.05. The van der Waals surface area contributed by atoms with E-state index in [1.54, 1.807) is 4.90 Å². The number of benzene rings is 1. The zero-order chi connectivity index (χ0) is 14.0. The van der Waals surface area contributed by atoms with Crippen LogP contribution >= 0.6 is 23.2 Å². The smallest absolute Gasteiger partial charge is 0.335 e. The highest BCUT2D eigenvalue weighted by Gasteiger charge is 2.28. The summed E-state index contributed by atoms with van der Waals surface area (Å²) < 4.78 is 0. The molecule has 0 aliphatic carbocycles. The highest BCUT2D eigenvalue weighted by Crippen LogP contribution is 2.34. The fraction of sp³-hybridized carbons (Fsp3) is 0.214. The molecule has 0 bridgehead atoms. The Bertz CT molecular complexity index is 540. The summed E-state index contributed by atoms with van der Waals surface area (Å²) in [6.07, 6.45) is 2.90. The van der Waals surface area contributed by atoms with E-state index in [1.807, 2.05) is 37.3 Å². The summed E-state index contributed by atoms with van der Waals surface area (Å²) in [5.41, 5.74) is 0.590. The van der Waals surface area contributed by atoms with Crippen LogP contribution in [0.1, 0.15) is 18.5 Å². The van der Waals surface area contributed by atoms with Gasteiger partial charge in [0.15, 0.2) is 0 Å². The van der Waals surface area contributed by atoms with Crippen LogP contribution in [0.5, 0.6) is 0 Å². The quantitative estimate of drug-likeness (QED) is 0.683. The molecule has 1 aromatic carbocycles. The molecule has 0 radical (unpaired) electrons. The van der Waals surface area contributed by atoms with Gasteiger partial charge in [-0.15, -0.1) is 0 Å². The molecule has 0 saturated carbocycles. The van der Waals surface area contributed by atoms with Crippen LogP contribution in [0.25, 0.3) is 0 Å². The van der Waals surface area contributed by atoms with Crippen molar-refractivity contribution in [3.8, 4) is 0 Å². The van der Waals surface area contributed by atoms with Crippen LogP contribution in [0.3, 0.4) is 0 Å². The first kappa shape index (κ1) is 14.0. The zero-order valence-electron chi connectivity index (χ0n) is 10.3. The molecule has 19 heavy (non-hydrogen) atoms. The average Bonchev–Trinajstić information content (AvgIpc) is 2.38. The number of aliphatic carboxylic acids is 1. The van der Waals surface area contributed by atoms with Crippen molar-refractivity contribution >= 4 is 29.2 Å². The number of halogens is 2. The highest BCUT2D eigenvalue weighted by atomic mass is 35.5. The molecule has 100 valence electrons. The molecule has 2 rings (SSSR count). The van der Waals surface area contributed by atoms with E-state index in [2.05, 4.69) is 0 Å². The van der Waals surface area contributed by atoms with Crippen molar-refractivity contribution < 1.29 is 9.90 Å². The molecule has 2 unspecified atom stereocenters. The van der Waals surface area contributed by atoms with Gasteiger partial charge in [0.25, 0.3) is 0 Å². The molecule has 1 aliphatic heterocycles. The number of carbonyl (C=O) groups is 1. The number of alkyl halides is 1. The molecule has 1 aromatic rings. The Morgan fingerprint density at radius 2 is 2.00 bits per heavy atom. The number of carboxylic acid groups (broad SMARTS) is 1. The van der Waals surface area contributed by atoms with E-state index in [0.29, 0.717) is 5.16 Å². The minimum atomic E-state index is -1.03. The van der Waals surface area contributed by atoms with E-state index in [1.165, 1.54) is 12.2 Å². The number of hydrogen-bond acceptors (Lipinski definition) is 2. The molecule has 0 saturated heterocycles. The number of hydrogen-bond donors (Lipinski definition) is 1. The van der Waals surface area contributed by atoms with E-state index in [9.17, 15) is 4.79 Å². The van der Waals surface area contributed by atoms with Crippen LogP contribution in [-0.4, -0.2) is 21.5 Å². The first-order chi connectivity index (χ1) is 9.00. The fourth-order valence-electron chi connectivity index (χ4n) is 2.02. The lowest BCUT2D eigenvalue weighted by Crippen LogP contribution is -2.33. The Morgan fingerprint density at radius 3 is 2.53 bits per heavy atom. The molecule has 1 aliphatic rings. The highest BCUT2D eigenvalue weighted by molar-refractivity contribution is 6.31. The van der Waals surface area contributed by atoms with Gasteiger partial charge in [-0.2, -0.15) is 0 Å². The van der Waals surface area contributed by atoms with Crippen molar-refractivity contribution in [3.63, 3.8) is 0 Å². The number of nitrogens with zero attached hydrogens (tertiary/aromatic N) is 1. The molecule has 0 amide bonds. The van der Waals surface area contributed by atoms with Crippen LogP contribution in [0, 0.1) is 0 Å². The minimum absolute atomic E-state index is 0.0426. The Balaban J connectivity index is 2.28. The monoisotopic (exact) mass is 297 g/mol.